The first kappa shape index (κ1) is 10.5. The highest BCUT2D eigenvalue weighted by Crippen LogP contribution is 2.20. The Bertz CT molecular complexity index is 309. The number of nitrogens with two attached hydrogens (primary N) is 1. The second-order valence-corrected chi connectivity index (χ2v) is 3.56. The fourth-order valence-corrected chi connectivity index (χ4v) is 1.31. The summed E-state index contributed by atoms with van der Waals surface area (Å²) in [6.07, 6.45) is -0.232. The van der Waals surface area contributed by atoms with E-state index in [0.29, 0.717) is 38.1 Å². The van der Waals surface area contributed by atoms with Crippen LogP contribution >= 0.6 is 0 Å². The zero-order chi connectivity index (χ0) is 10.7. The summed E-state index contributed by atoms with van der Waals surface area (Å²) >= 11 is 0. The van der Waals surface area contributed by atoms with Crippen LogP contribution in [0, 0.1) is 0 Å². The van der Waals surface area contributed by atoms with Gasteiger partial charge in [0.15, 0.2) is 11.9 Å². The smallest absolute Gasteiger partial charge is 0.258 e. The number of aromatic nitrogens is 2. The van der Waals surface area contributed by atoms with Crippen LogP contribution in [0.2, 0.25) is 0 Å². The minimum atomic E-state index is -0.232. The van der Waals surface area contributed by atoms with Crippen LogP contribution in [-0.4, -0.2) is 36.5 Å². The van der Waals surface area contributed by atoms with Gasteiger partial charge in [-0.25, -0.2) is 0 Å². The molecule has 6 heteroatoms. The van der Waals surface area contributed by atoms with E-state index in [1.165, 1.54) is 0 Å². The Hall–Kier alpha value is -0.980. The molecule has 84 valence electrons. The molecule has 0 amide bonds. The molecule has 2 heterocycles. The molecule has 0 aromatic carbocycles. The second-order valence-electron chi connectivity index (χ2n) is 3.56. The summed E-state index contributed by atoms with van der Waals surface area (Å²) in [6, 6.07) is 0. The molecule has 0 spiro atoms. The molecule has 2 atom stereocenters. The first-order valence-corrected chi connectivity index (χ1v) is 5.04. The predicted octanol–water partition coefficient (Wildman–Crippen LogP) is 0.220. The molecule has 15 heavy (non-hydrogen) atoms. The Labute approximate surface area is 87.7 Å². The fraction of sp³-hybridized carbons (Fsp3) is 0.778. The van der Waals surface area contributed by atoms with Crippen molar-refractivity contribution in [3.8, 4) is 0 Å². The van der Waals surface area contributed by atoms with E-state index in [1.807, 2.05) is 6.92 Å². The van der Waals surface area contributed by atoms with E-state index >= 15 is 0 Å². The average Bonchev–Trinajstić information content (AvgIpc) is 2.78. The summed E-state index contributed by atoms with van der Waals surface area (Å²) in [6.45, 7) is 4.11. The normalized spacial score (nSPS) is 24.0. The van der Waals surface area contributed by atoms with E-state index < -0.39 is 0 Å². The first-order chi connectivity index (χ1) is 7.31. The van der Waals surface area contributed by atoms with Crippen molar-refractivity contribution < 1.29 is 14.0 Å². The van der Waals surface area contributed by atoms with Gasteiger partial charge in [-0.05, 0) is 0 Å². The van der Waals surface area contributed by atoms with E-state index in [0.717, 1.165) is 0 Å². The molecule has 1 aromatic heterocycles. The molecule has 0 saturated carbocycles. The summed E-state index contributed by atoms with van der Waals surface area (Å²) in [5, 5.41) is 3.86. The minimum absolute atomic E-state index is 0.104. The molecule has 0 aliphatic carbocycles. The van der Waals surface area contributed by atoms with E-state index in [-0.39, 0.29) is 12.0 Å². The van der Waals surface area contributed by atoms with Gasteiger partial charge < -0.3 is 19.7 Å². The largest absolute Gasteiger partial charge is 0.376 e. The molecule has 1 fully saturated rings. The van der Waals surface area contributed by atoms with Gasteiger partial charge in [-0.15, -0.1) is 0 Å². The quantitative estimate of drug-likeness (QED) is 0.773. The lowest BCUT2D eigenvalue weighted by molar-refractivity contribution is -0.101. The molecule has 1 aliphatic heterocycles. The van der Waals surface area contributed by atoms with E-state index in [9.17, 15) is 0 Å². The molecule has 0 bridgehead atoms. The standard InChI is InChI=1S/C9H15N3O3/c1-6(4-10)8-11-9(15-12-8)7-5-13-2-3-14-7/h6-7H,2-5,10H2,1H3. The van der Waals surface area contributed by atoms with Crippen molar-refractivity contribution in [1.29, 1.82) is 0 Å². The van der Waals surface area contributed by atoms with Gasteiger partial charge in [-0.3, -0.25) is 0 Å². The second kappa shape index (κ2) is 4.69. The summed E-state index contributed by atoms with van der Waals surface area (Å²) in [5.41, 5.74) is 5.51. The Morgan fingerprint density at radius 3 is 3.07 bits per heavy atom. The highest BCUT2D eigenvalue weighted by atomic mass is 16.6. The fourth-order valence-electron chi connectivity index (χ4n) is 1.31. The molecule has 1 aliphatic rings. The molecule has 2 unspecified atom stereocenters. The highest BCUT2D eigenvalue weighted by Gasteiger charge is 2.23. The van der Waals surface area contributed by atoms with Gasteiger partial charge in [0.05, 0.1) is 19.8 Å². The van der Waals surface area contributed by atoms with Crippen LogP contribution in [-0.2, 0) is 9.47 Å². The molecule has 0 radical (unpaired) electrons. The van der Waals surface area contributed by atoms with E-state index in [4.69, 9.17) is 19.7 Å². The van der Waals surface area contributed by atoms with Crippen molar-refractivity contribution in [3.63, 3.8) is 0 Å². The lowest BCUT2D eigenvalue weighted by Crippen LogP contribution is -2.22. The van der Waals surface area contributed by atoms with Gasteiger partial charge in [0, 0.05) is 12.5 Å². The number of hydrogen-bond donors (Lipinski definition) is 1. The number of hydrogen-bond acceptors (Lipinski definition) is 6. The van der Waals surface area contributed by atoms with Crippen LogP contribution in [0.4, 0.5) is 0 Å². The summed E-state index contributed by atoms with van der Waals surface area (Å²) in [5.74, 6) is 1.21. The lowest BCUT2D eigenvalue weighted by atomic mass is 10.2. The molecular formula is C9H15N3O3. The van der Waals surface area contributed by atoms with Crippen LogP contribution in [0.1, 0.15) is 30.7 Å². The third-order valence-corrected chi connectivity index (χ3v) is 2.34. The Morgan fingerprint density at radius 2 is 2.40 bits per heavy atom. The maximum Gasteiger partial charge on any atom is 0.258 e. The van der Waals surface area contributed by atoms with Crippen molar-refractivity contribution in [2.75, 3.05) is 26.4 Å². The molecule has 1 aromatic rings. The first-order valence-electron chi connectivity index (χ1n) is 5.04. The maximum atomic E-state index is 5.51. The topological polar surface area (TPSA) is 83.4 Å². The van der Waals surface area contributed by atoms with Gasteiger partial charge in [0.1, 0.15) is 0 Å². The SMILES string of the molecule is CC(CN)c1noc(C2COCCO2)n1. The van der Waals surface area contributed by atoms with E-state index in [2.05, 4.69) is 10.1 Å². The van der Waals surface area contributed by atoms with Gasteiger partial charge >= 0.3 is 0 Å². The Morgan fingerprint density at radius 1 is 1.53 bits per heavy atom. The van der Waals surface area contributed by atoms with Crippen molar-refractivity contribution in [1.82, 2.24) is 10.1 Å². The minimum Gasteiger partial charge on any atom is -0.376 e. The van der Waals surface area contributed by atoms with Gasteiger partial charge in [0.2, 0.25) is 0 Å². The van der Waals surface area contributed by atoms with Crippen molar-refractivity contribution in [2.45, 2.75) is 18.9 Å². The monoisotopic (exact) mass is 213 g/mol. The molecule has 2 rings (SSSR count). The van der Waals surface area contributed by atoms with Crippen LogP contribution in [0.15, 0.2) is 4.52 Å². The van der Waals surface area contributed by atoms with Crippen molar-refractivity contribution in [2.24, 2.45) is 5.73 Å². The molecule has 1 saturated heterocycles. The number of ether oxygens (including phenoxy) is 2. The average molecular weight is 213 g/mol. The van der Waals surface area contributed by atoms with Crippen LogP contribution in [0.3, 0.4) is 0 Å². The Kier molecular flexibility index (Phi) is 3.30. The van der Waals surface area contributed by atoms with Crippen LogP contribution < -0.4 is 5.73 Å². The molecule has 2 N–H and O–H groups in total. The lowest BCUT2D eigenvalue weighted by Gasteiger charge is -2.19. The van der Waals surface area contributed by atoms with Gasteiger partial charge in [-0.2, -0.15) is 4.98 Å². The van der Waals surface area contributed by atoms with Gasteiger partial charge in [0.25, 0.3) is 5.89 Å². The summed E-state index contributed by atoms with van der Waals surface area (Å²) < 4.78 is 15.8. The van der Waals surface area contributed by atoms with Crippen molar-refractivity contribution >= 4 is 0 Å². The third kappa shape index (κ3) is 2.34. The zero-order valence-corrected chi connectivity index (χ0v) is 8.68. The summed E-state index contributed by atoms with van der Waals surface area (Å²) in [7, 11) is 0. The Balaban J connectivity index is 2.05. The number of nitrogens with zero attached hydrogens (tertiary/aromatic N) is 2. The zero-order valence-electron chi connectivity index (χ0n) is 8.68. The molecular weight excluding hydrogens is 198 g/mol. The summed E-state index contributed by atoms with van der Waals surface area (Å²) in [4.78, 5) is 4.24. The highest BCUT2D eigenvalue weighted by molar-refractivity contribution is 4.96. The van der Waals surface area contributed by atoms with Gasteiger partial charge in [-0.1, -0.05) is 12.1 Å². The number of rotatable bonds is 3. The van der Waals surface area contributed by atoms with Crippen LogP contribution in [0.25, 0.3) is 0 Å². The molecule has 6 nitrogen and oxygen atoms in total. The van der Waals surface area contributed by atoms with Crippen molar-refractivity contribution in [3.05, 3.63) is 11.7 Å². The maximum absolute atomic E-state index is 5.51. The van der Waals surface area contributed by atoms with Crippen LogP contribution in [0.5, 0.6) is 0 Å². The van der Waals surface area contributed by atoms with E-state index in [1.54, 1.807) is 0 Å². The predicted molar refractivity (Wildman–Crippen MR) is 51.3 cm³/mol. The third-order valence-electron chi connectivity index (χ3n) is 2.34.